The Kier molecular flexibility index (Phi) is 8.36. The van der Waals surface area contributed by atoms with Gasteiger partial charge in [0.25, 0.3) is 5.91 Å². The summed E-state index contributed by atoms with van der Waals surface area (Å²) in [5.74, 6) is 2.21. The van der Waals surface area contributed by atoms with Gasteiger partial charge in [0.05, 0.1) is 11.0 Å². The fourth-order valence-electron chi connectivity index (χ4n) is 4.82. The Balaban J connectivity index is 1.38. The number of fused-ring (bicyclic) bond motifs is 3. The van der Waals surface area contributed by atoms with E-state index in [-0.39, 0.29) is 5.91 Å². The van der Waals surface area contributed by atoms with Crippen molar-refractivity contribution in [3.8, 4) is 5.75 Å². The lowest BCUT2D eigenvalue weighted by atomic mass is 10.1. The van der Waals surface area contributed by atoms with Crippen LogP contribution in [0.15, 0.2) is 78.9 Å². The molecule has 0 atom stereocenters. The summed E-state index contributed by atoms with van der Waals surface area (Å²) >= 11 is 0. The molecule has 3 aromatic carbocycles. The highest BCUT2D eigenvalue weighted by atomic mass is 16.5. The number of aromatic nitrogens is 3. The second kappa shape index (κ2) is 12.4. The smallest absolute Gasteiger partial charge is 0.251 e. The van der Waals surface area contributed by atoms with Crippen molar-refractivity contribution < 1.29 is 9.53 Å². The fraction of sp³-hybridized carbons (Fsp3) is 0.281. The number of anilines is 1. The lowest BCUT2D eigenvalue weighted by Gasteiger charge is -2.12. The molecule has 0 aliphatic carbocycles. The van der Waals surface area contributed by atoms with Gasteiger partial charge in [-0.2, -0.15) is 0 Å². The Morgan fingerprint density at radius 3 is 2.49 bits per heavy atom. The van der Waals surface area contributed by atoms with Crippen molar-refractivity contribution in [3.05, 3.63) is 95.8 Å². The van der Waals surface area contributed by atoms with Crippen molar-refractivity contribution in [1.29, 1.82) is 0 Å². The number of unbranched alkanes of at least 4 members (excludes halogenated alkanes) is 2. The van der Waals surface area contributed by atoms with Crippen LogP contribution >= 0.6 is 0 Å². The summed E-state index contributed by atoms with van der Waals surface area (Å²) < 4.78 is 8.43. The zero-order valence-electron chi connectivity index (χ0n) is 22.4. The van der Waals surface area contributed by atoms with Crippen molar-refractivity contribution in [2.24, 2.45) is 0 Å². The number of rotatable bonds is 12. The van der Waals surface area contributed by atoms with E-state index >= 15 is 0 Å². The molecule has 0 radical (unpaired) electrons. The number of carbonyl (C=O) groups is 1. The first-order chi connectivity index (χ1) is 19.1. The van der Waals surface area contributed by atoms with E-state index < -0.39 is 0 Å². The van der Waals surface area contributed by atoms with Crippen LogP contribution in [-0.4, -0.2) is 27.0 Å². The largest absolute Gasteiger partial charge is 0.489 e. The first-order valence-corrected chi connectivity index (χ1v) is 13.7. The monoisotopic (exact) mass is 521 g/mol. The van der Waals surface area contributed by atoms with Gasteiger partial charge < -0.3 is 20.4 Å². The molecule has 3 N–H and O–H groups in total. The third-order valence-corrected chi connectivity index (χ3v) is 6.89. The van der Waals surface area contributed by atoms with Crippen LogP contribution in [0.5, 0.6) is 5.75 Å². The first kappa shape index (κ1) is 26.2. The molecular formula is C32H35N5O2. The summed E-state index contributed by atoms with van der Waals surface area (Å²) in [5.41, 5.74) is 10.8. The van der Waals surface area contributed by atoms with Gasteiger partial charge in [0, 0.05) is 30.5 Å². The van der Waals surface area contributed by atoms with Crippen LogP contribution < -0.4 is 15.8 Å². The second-order valence-corrected chi connectivity index (χ2v) is 9.76. The first-order valence-electron chi connectivity index (χ1n) is 13.7. The minimum Gasteiger partial charge on any atom is -0.489 e. The van der Waals surface area contributed by atoms with Crippen molar-refractivity contribution in [2.45, 2.75) is 52.2 Å². The van der Waals surface area contributed by atoms with Crippen LogP contribution in [0.3, 0.4) is 0 Å². The molecular weight excluding hydrogens is 486 g/mol. The van der Waals surface area contributed by atoms with E-state index in [1.165, 1.54) is 0 Å². The molecule has 0 bridgehead atoms. The van der Waals surface area contributed by atoms with Crippen molar-refractivity contribution in [2.75, 3.05) is 12.3 Å². The molecule has 0 saturated carbocycles. The number of benzene rings is 3. The Hall–Kier alpha value is -4.39. The highest BCUT2D eigenvalue weighted by molar-refractivity contribution is 6.07. The molecule has 0 aliphatic rings. The minimum absolute atomic E-state index is 0.0415. The van der Waals surface area contributed by atoms with E-state index in [0.717, 1.165) is 77.7 Å². The number of aryl methyl sites for hydroxylation is 2. The van der Waals surface area contributed by atoms with Gasteiger partial charge in [-0.1, -0.05) is 61.9 Å². The third-order valence-electron chi connectivity index (χ3n) is 6.89. The third kappa shape index (κ3) is 6.20. The Morgan fingerprint density at radius 1 is 0.949 bits per heavy atom. The van der Waals surface area contributed by atoms with Crippen molar-refractivity contribution >= 4 is 33.7 Å². The van der Waals surface area contributed by atoms with Crippen molar-refractivity contribution in [3.63, 3.8) is 0 Å². The molecule has 0 unspecified atom stereocenters. The molecule has 5 aromatic rings. The molecule has 0 fully saturated rings. The quantitative estimate of drug-likeness (QED) is 0.188. The second-order valence-electron chi connectivity index (χ2n) is 9.76. The number of nitrogens with two attached hydrogens (primary N) is 1. The van der Waals surface area contributed by atoms with Gasteiger partial charge in [-0.05, 0) is 55.2 Å². The van der Waals surface area contributed by atoms with Gasteiger partial charge in [-0.25, -0.2) is 9.97 Å². The molecule has 0 spiro atoms. The van der Waals surface area contributed by atoms with Gasteiger partial charge in [0.15, 0.2) is 5.82 Å². The standard InChI is InChI=1S/C32H35N5O2/c1-2-3-16-28-36-29-30(37(28)20-11-10-19-34-32(38)24-14-8-5-9-15-24)26-21-25(17-18-27(26)35-31(29)33)39-22-23-12-6-4-7-13-23/h4-9,12-15,17-18,21H,2-3,10-11,16,19-20,22H2,1H3,(H2,33,35)(H,34,38). The molecule has 1 amide bonds. The van der Waals surface area contributed by atoms with E-state index in [0.29, 0.717) is 24.5 Å². The van der Waals surface area contributed by atoms with Gasteiger partial charge in [0.2, 0.25) is 0 Å². The number of carbonyl (C=O) groups excluding carboxylic acids is 1. The zero-order chi connectivity index (χ0) is 27.0. The summed E-state index contributed by atoms with van der Waals surface area (Å²) in [6, 6.07) is 25.4. The molecule has 7 heteroatoms. The summed E-state index contributed by atoms with van der Waals surface area (Å²) in [6.45, 7) is 4.08. The molecule has 0 saturated heterocycles. The van der Waals surface area contributed by atoms with Crippen LogP contribution in [0, 0.1) is 0 Å². The average Bonchev–Trinajstić information content (AvgIpc) is 3.35. The molecule has 0 aliphatic heterocycles. The molecule has 5 rings (SSSR count). The number of pyridine rings is 1. The number of ether oxygens (including phenoxy) is 1. The summed E-state index contributed by atoms with van der Waals surface area (Å²) in [5, 5.41) is 4.01. The molecule has 39 heavy (non-hydrogen) atoms. The lowest BCUT2D eigenvalue weighted by molar-refractivity contribution is 0.0953. The Labute approximate surface area is 229 Å². The van der Waals surface area contributed by atoms with Crippen molar-refractivity contribution in [1.82, 2.24) is 19.9 Å². The molecule has 200 valence electrons. The van der Waals surface area contributed by atoms with E-state index in [9.17, 15) is 4.79 Å². The van der Waals surface area contributed by atoms with Crippen LogP contribution in [0.4, 0.5) is 5.82 Å². The Morgan fingerprint density at radius 2 is 1.72 bits per heavy atom. The van der Waals surface area contributed by atoms with Gasteiger partial charge >= 0.3 is 0 Å². The zero-order valence-corrected chi connectivity index (χ0v) is 22.4. The molecule has 7 nitrogen and oxygen atoms in total. The van der Waals surface area contributed by atoms with Crippen LogP contribution in [0.2, 0.25) is 0 Å². The molecule has 2 heterocycles. The lowest BCUT2D eigenvalue weighted by Crippen LogP contribution is -2.24. The maximum Gasteiger partial charge on any atom is 0.251 e. The number of nitrogens with one attached hydrogen (secondary N) is 1. The van der Waals surface area contributed by atoms with E-state index in [1.807, 2.05) is 60.7 Å². The number of amides is 1. The van der Waals surface area contributed by atoms with E-state index in [2.05, 4.69) is 40.0 Å². The SMILES string of the molecule is CCCCc1nc2c(N)nc3ccc(OCc4ccccc4)cc3c2n1CCCCNC(=O)c1ccccc1. The Bertz CT molecular complexity index is 1550. The summed E-state index contributed by atoms with van der Waals surface area (Å²) in [6.07, 6.45) is 4.76. The number of nitrogens with zero attached hydrogens (tertiary/aromatic N) is 3. The highest BCUT2D eigenvalue weighted by Gasteiger charge is 2.18. The number of hydrogen-bond donors (Lipinski definition) is 2. The number of nitrogen functional groups attached to an aromatic ring is 1. The van der Waals surface area contributed by atoms with Gasteiger partial charge in [-0.3, -0.25) is 4.79 Å². The van der Waals surface area contributed by atoms with Crippen LogP contribution in [0.1, 0.15) is 54.4 Å². The predicted octanol–water partition coefficient (Wildman–Crippen LogP) is 6.30. The van der Waals surface area contributed by atoms with Gasteiger partial charge in [-0.15, -0.1) is 0 Å². The highest BCUT2D eigenvalue weighted by Crippen LogP contribution is 2.32. The minimum atomic E-state index is -0.0415. The van der Waals surface area contributed by atoms with E-state index in [1.54, 1.807) is 0 Å². The number of imidazole rings is 1. The van der Waals surface area contributed by atoms with Crippen LogP contribution in [0.25, 0.3) is 21.9 Å². The predicted molar refractivity (Wildman–Crippen MR) is 157 cm³/mol. The van der Waals surface area contributed by atoms with Crippen LogP contribution in [-0.2, 0) is 19.6 Å². The fourth-order valence-corrected chi connectivity index (χ4v) is 4.82. The maximum absolute atomic E-state index is 12.4. The van der Waals surface area contributed by atoms with E-state index in [4.69, 9.17) is 15.5 Å². The summed E-state index contributed by atoms with van der Waals surface area (Å²) in [7, 11) is 0. The average molecular weight is 522 g/mol. The topological polar surface area (TPSA) is 95.1 Å². The number of hydrogen-bond acceptors (Lipinski definition) is 5. The van der Waals surface area contributed by atoms with Gasteiger partial charge in [0.1, 0.15) is 23.7 Å². The summed E-state index contributed by atoms with van der Waals surface area (Å²) in [4.78, 5) is 22.0. The maximum atomic E-state index is 12.4. The normalized spacial score (nSPS) is 11.2. The molecule has 2 aromatic heterocycles.